The fourth-order valence-corrected chi connectivity index (χ4v) is 2.03. The molecule has 2 aromatic rings. The van der Waals surface area contributed by atoms with E-state index < -0.39 is 11.7 Å². The van der Waals surface area contributed by atoms with Gasteiger partial charge in [-0.25, -0.2) is 4.39 Å². The molecule has 2 rings (SSSR count). The third-order valence-corrected chi connectivity index (χ3v) is 3.39. The second-order valence-electron chi connectivity index (χ2n) is 5.98. The van der Waals surface area contributed by atoms with Crippen LogP contribution in [0.25, 0.3) is 0 Å². The van der Waals surface area contributed by atoms with Crippen LogP contribution in [0.2, 0.25) is 0 Å². The summed E-state index contributed by atoms with van der Waals surface area (Å²) in [5.74, 6) is -0.920. The molecule has 1 aromatic carbocycles. The lowest BCUT2D eigenvalue weighted by Crippen LogP contribution is -2.27. The van der Waals surface area contributed by atoms with E-state index in [0.717, 1.165) is 17.8 Å². The molecule has 0 spiro atoms. The van der Waals surface area contributed by atoms with E-state index in [4.69, 9.17) is 0 Å². The molecule has 0 aliphatic rings. The molecule has 0 saturated carbocycles. The normalized spacial score (nSPS) is 10.5. The summed E-state index contributed by atoms with van der Waals surface area (Å²) in [5, 5.41) is 5.51. The Labute approximate surface area is 140 Å². The number of hydrogen-bond acceptors (Lipinski definition) is 3. The number of benzene rings is 1. The molecule has 126 valence electrons. The van der Waals surface area contributed by atoms with Crippen molar-refractivity contribution >= 4 is 17.5 Å². The highest BCUT2D eigenvalue weighted by molar-refractivity contribution is 6.05. The topological polar surface area (TPSA) is 71.1 Å². The first-order valence-electron chi connectivity index (χ1n) is 7.67. The number of carbonyl (C=O) groups is 2. The van der Waals surface area contributed by atoms with Gasteiger partial charge in [-0.3, -0.25) is 14.6 Å². The Morgan fingerprint density at radius 2 is 1.88 bits per heavy atom. The summed E-state index contributed by atoms with van der Waals surface area (Å²) in [5.41, 5.74) is 1.87. The minimum atomic E-state index is -0.582. The van der Waals surface area contributed by atoms with E-state index in [9.17, 15) is 14.0 Å². The number of anilines is 1. The van der Waals surface area contributed by atoms with Crippen molar-refractivity contribution in [3.63, 3.8) is 0 Å². The van der Waals surface area contributed by atoms with Crippen LogP contribution in [0, 0.1) is 18.7 Å². The molecule has 1 aromatic heterocycles. The van der Waals surface area contributed by atoms with Gasteiger partial charge in [0.05, 0.1) is 11.8 Å². The zero-order valence-corrected chi connectivity index (χ0v) is 13.9. The average molecular weight is 329 g/mol. The number of halogens is 1. The van der Waals surface area contributed by atoms with Crippen LogP contribution >= 0.6 is 0 Å². The van der Waals surface area contributed by atoms with Crippen LogP contribution in [0.3, 0.4) is 0 Å². The minimum absolute atomic E-state index is 0.115. The zero-order valence-electron chi connectivity index (χ0n) is 13.9. The fraction of sp³-hybridized carbons (Fsp3) is 0.278. The molecule has 1 heterocycles. The van der Waals surface area contributed by atoms with E-state index in [1.54, 1.807) is 18.2 Å². The molecule has 0 unspecified atom stereocenters. The van der Waals surface area contributed by atoms with Crippen molar-refractivity contribution in [2.24, 2.45) is 5.92 Å². The van der Waals surface area contributed by atoms with Gasteiger partial charge in [-0.1, -0.05) is 19.9 Å². The van der Waals surface area contributed by atoms with Crippen molar-refractivity contribution in [3.8, 4) is 0 Å². The van der Waals surface area contributed by atoms with Crippen LogP contribution < -0.4 is 10.6 Å². The molecule has 0 bridgehead atoms. The Kier molecular flexibility index (Phi) is 5.63. The average Bonchev–Trinajstić information content (AvgIpc) is 2.54. The maximum absolute atomic E-state index is 13.2. The van der Waals surface area contributed by atoms with Gasteiger partial charge in [-0.2, -0.15) is 0 Å². The van der Waals surface area contributed by atoms with Crippen molar-refractivity contribution in [3.05, 3.63) is 59.2 Å². The molecular formula is C18H20FN3O2. The molecule has 6 heteroatoms. The van der Waals surface area contributed by atoms with E-state index in [0.29, 0.717) is 23.7 Å². The number of nitrogens with zero attached hydrogens (tertiary/aromatic N) is 1. The maximum Gasteiger partial charge on any atom is 0.257 e. The van der Waals surface area contributed by atoms with Gasteiger partial charge in [0.1, 0.15) is 5.82 Å². The molecule has 0 radical (unpaired) electrons. The first kappa shape index (κ1) is 17.6. The molecule has 0 atom stereocenters. The molecule has 0 saturated heterocycles. The molecular weight excluding hydrogens is 309 g/mol. The van der Waals surface area contributed by atoms with Gasteiger partial charge < -0.3 is 10.6 Å². The number of nitrogens with one attached hydrogen (secondary N) is 2. The lowest BCUT2D eigenvalue weighted by Gasteiger charge is -2.12. The van der Waals surface area contributed by atoms with Gasteiger partial charge in [-0.05, 0) is 36.6 Å². The summed E-state index contributed by atoms with van der Waals surface area (Å²) in [7, 11) is 0. The van der Waals surface area contributed by atoms with E-state index in [1.165, 1.54) is 6.20 Å². The Balaban J connectivity index is 2.16. The number of amides is 2. The van der Waals surface area contributed by atoms with E-state index in [2.05, 4.69) is 15.6 Å². The molecule has 0 aliphatic carbocycles. The lowest BCUT2D eigenvalue weighted by atomic mass is 10.1. The monoisotopic (exact) mass is 329 g/mol. The Morgan fingerprint density at radius 1 is 1.12 bits per heavy atom. The smallest absolute Gasteiger partial charge is 0.257 e. The molecule has 2 N–H and O–H groups in total. The Hall–Kier alpha value is -2.76. The number of rotatable bonds is 5. The third-order valence-electron chi connectivity index (χ3n) is 3.39. The highest BCUT2D eigenvalue weighted by Crippen LogP contribution is 2.18. The van der Waals surface area contributed by atoms with Crippen LogP contribution in [0.1, 0.15) is 40.1 Å². The van der Waals surface area contributed by atoms with Crippen molar-refractivity contribution in [2.45, 2.75) is 20.8 Å². The van der Waals surface area contributed by atoms with Crippen LogP contribution in [-0.2, 0) is 0 Å². The van der Waals surface area contributed by atoms with Gasteiger partial charge in [0, 0.05) is 24.0 Å². The summed E-state index contributed by atoms with van der Waals surface area (Å²) in [4.78, 5) is 28.0. The minimum Gasteiger partial charge on any atom is -0.352 e. The van der Waals surface area contributed by atoms with Crippen LogP contribution in [0.4, 0.5) is 10.1 Å². The quantitative estimate of drug-likeness (QED) is 0.885. The van der Waals surface area contributed by atoms with Crippen LogP contribution in [-0.4, -0.2) is 23.3 Å². The Morgan fingerprint density at radius 3 is 2.54 bits per heavy atom. The lowest BCUT2D eigenvalue weighted by molar-refractivity contribution is 0.0947. The summed E-state index contributed by atoms with van der Waals surface area (Å²) < 4.78 is 13.2. The number of aromatic nitrogens is 1. The van der Waals surface area contributed by atoms with Gasteiger partial charge in [0.2, 0.25) is 0 Å². The highest BCUT2D eigenvalue weighted by atomic mass is 19.1. The summed E-state index contributed by atoms with van der Waals surface area (Å²) in [6, 6.07) is 6.17. The SMILES string of the molecule is Cc1ccc(C(=O)NCC(C)C)cc1NC(=O)c1cncc(F)c1. The second kappa shape index (κ2) is 7.68. The van der Waals surface area contributed by atoms with E-state index in [-0.39, 0.29) is 11.5 Å². The number of hydrogen-bond donors (Lipinski definition) is 2. The Bertz CT molecular complexity index is 760. The van der Waals surface area contributed by atoms with Gasteiger partial charge in [0.15, 0.2) is 0 Å². The van der Waals surface area contributed by atoms with Crippen molar-refractivity contribution in [1.82, 2.24) is 10.3 Å². The number of carbonyl (C=O) groups excluding carboxylic acids is 2. The van der Waals surface area contributed by atoms with Crippen molar-refractivity contribution < 1.29 is 14.0 Å². The van der Waals surface area contributed by atoms with Crippen molar-refractivity contribution in [2.75, 3.05) is 11.9 Å². The molecule has 0 fully saturated rings. The van der Waals surface area contributed by atoms with Gasteiger partial charge in [0.25, 0.3) is 11.8 Å². The van der Waals surface area contributed by atoms with Crippen LogP contribution in [0.15, 0.2) is 36.7 Å². The van der Waals surface area contributed by atoms with E-state index >= 15 is 0 Å². The predicted octanol–water partition coefficient (Wildman–Crippen LogP) is 3.17. The summed E-state index contributed by atoms with van der Waals surface area (Å²) in [6.45, 7) is 6.40. The molecule has 2 amide bonds. The number of pyridine rings is 1. The summed E-state index contributed by atoms with van der Waals surface area (Å²) >= 11 is 0. The second-order valence-corrected chi connectivity index (χ2v) is 5.98. The van der Waals surface area contributed by atoms with Gasteiger partial charge in [-0.15, -0.1) is 0 Å². The molecule has 0 aliphatic heterocycles. The highest BCUT2D eigenvalue weighted by Gasteiger charge is 2.12. The third kappa shape index (κ3) is 4.62. The van der Waals surface area contributed by atoms with Crippen LogP contribution in [0.5, 0.6) is 0 Å². The van der Waals surface area contributed by atoms with E-state index in [1.807, 2.05) is 20.8 Å². The first-order chi connectivity index (χ1) is 11.4. The maximum atomic E-state index is 13.2. The predicted molar refractivity (Wildman–Crippen MR) is 90.5 cm³/mol. The van der Waals surface area contributed by atoms with Crippen molar-refractivity contribution in [1.29, 1.82) is 0 Å². The summed E-state index contributed by atoms with van der Waals surface area (Å²) in [6.07, 6.45) is 2.31. The molecule has 24 heavy (non-hydrogen) atoms. The fourth-order valence-electron chi connectivity index (χ4n) is 2.03. The first-order valence-corrected chi connectivity index (χ1v) is 7.67. The standard InChI is InChI=1S/C18H20FN3O2/c1-11(2)8-21-17(23)13-5-4-12(3)16(7-13)22-18(24)14-6-15(19)10-20-9-14/h4-7,9-11H,8H2,1-3H3,(H,21,23)(H,22,24). The largest absolute Gasteiger partial charge is 0.352 e. The number of aryl methyl sites for hydroxylation is 1. The molecule has 5 nitrogen and oxygen atoms in total. The van der Waals surface area contributed by atoms with Gasteiger partial charge >= 0.3 is 0 Å². The zero-order chi connectivity index (χ0) is 17.7.